The van der Waals surface area contributed by atoms with Gasteiger partial charge in [0.05, 0.1) is 40.7 Å². The Hall–Kier alpha value is -3.82. The molecule has 0 bridgehead atoms. The fourth-order valence-electron chi connectivity index (χ4n) is 4.84. The molecule has 1 fully saturated rings. The lowest BCUT2D eigenvalue weighted by molar-refractivity contribution is -0.245. The number of imide groups is 1. The van der Waals surface area contributed by atoms with Gasteiger partial charge in [-0.1, -0.05) is 54.6 Å². The van der Waals surface area contributed by atoms with Crippen molar-refractivity contribution in [1.29, 1.82) is 0 Å². The molecule has 0 unspecified atom stereocenters. The van der Waals surface area contributed by atoms with Crippen molar-refractivity contribution in [3.63, 3.8) is 0 Å². The van der Waals surface area contributed by atoms with Gasteiger partial charge in [0.15, 0.2) is 6.29 Å². The van der Waals surface area contributed by atoms with E-state index in [0.717, 1.165) is 21.7 Å². The summed E-state index contributed by atoms with van der Waals surface area (Å²) in [7, 11) is 0. The molecule has 1 saturated heterocycles. The third-order valence-corrected chi connectivity index (χ3v) is 7.96. The zero-order valence-corrected chi connectivity index (χ0v) is 21.8. The first-order valence-electron chi connectivity index (χ1n) is 12.7. The average Bonchev–Trinajstić information content (AvgIpc) is 3.26. The van der Waals surface area contributed by atoms with Crippen LogP contribution in [0, 0.1) is 0 Å². The summed E-state index contributed by atoms with van der Waals surface area (Å²) in [5, 5.41) is 10.4. The van der Waals surface area contributed by atoms with Crippen molar-refractivity contribution in [2.75, 3.05) is 10.7 Å². The van der Waals surface area contributed by atoms with E-state index in [9.17, 15) is 14.7 Å². The van der Waals surface area contributed by atoms with Crippen LogP contribution in [-0.2, 0) is 16.1 Å². The number of carbonyl (C=O) groups is 2. The van der Waals surface area contributed by atoms with Crippen LogP contribution in [-0.4, -0.2) is 33.8 Å². The number of amides is 2. The van der Waals surface area contributed by atoms with Gasteiger partial charge in [0, 0.05) is 23.9 Å². The highest BCUT2D eigenvalue weighted by Crippen LogP contribution is 2.40. The van der Waals surface area contributed by atoms with Crippen LogP contribution in [0.1, 0.15) is 56.2 Å². The van der Waals surface area contributed by atoms with Crippen molar-refractivity contribution in [1.82, 2.24) is 4.98 Å². The Bertz CT molecular complexity index is 1440. The van der Waals surface area contributed by atoms with Crippen LogP contribution >= 0.6 is 11.8 Å². The Morgan fingerprint density at radius 1 is 0.821 bits per heavy atom. The molecule has 6 rings (SSSR count). The van der Waals surface area contributed by atoms with Crippen molar-refractivity contribution >= 4 is 29.3 Å². The van der Waals surface area contributed by atoms with Crippen molar-refractivity contribution in [2.24, 2.45) is 0 Å². The van der Waals surface area contributed by atoms with E-state index in [4.69, 9.17) is 9.47 Å². The van der Waals surface area contributed by atoms with Crippen LogP contribution in [0.15, 0.2) is 102 Å². The number of anilines is 1. The molecule has 1 aromatic heterocycles. The highest BCUT2D eigenvalue weighted by molar-refractivity contribution is 7.99. The van der Waals surface area contributed by atoms with E-state index >= 15 is 0 Å². The molecule has 8 heteroatoms. The van der Waals surface area contributed by atoms with Crippen LogP contribution in [0.5, 0.6) is 0 Å². The minimum atomic E-state index is -0.633. The quantitative estimate of drug-likeness (QED) is 0.238. The third kappa shape index (κ3) is 5.24. The highest BCUT2D eigenvalue weighted by Gasteiger charge is 2.37. The van der Waals surface area contributed by atoms with Gasteiger partial charge in [0.1, 0.15) is 0 Å². The molecule has 196 valence electrons. The van der Waals surface area contributed by atoms with E-state index in [1.54, 1.807) is 54.4 Å². The van der Waals surface area contributed by atoms with Crippen molar-refractivity contribution in [3.8, 4) is 0 Å². The maximum Gasteiger partial charge on any atom is 0.266 e. The van der Waals surface area contributed by atoms with Gasteiger partial charge in [-0.3, -0.25) is 9.59 Å². The second kappa shape index (κ2) is 11.1. The van der Waals surface area contributed by atoms with E-state index in [-0.39, 0.29) is 30.6 Å². The summed E-state index contributed by atoms with van der Waals surface area (Å²) < 4.78 is 12.8. The highest BCUT2D eigenvalue weighted by atomic mass is 32.2. The van der Waals surface area contributed by atoms with Gasteiger partial charge in [-0.15, -0.1) is 11.8 Å². The van der Waals surface area contributed by atoms with Gasteiger partial charge < -0.3 is 14.6 Å². The molecule has 7 nitrogen and oxygen atoms in total. The Kier molecular flexibility index (Phi) is 7.26. The molecule has 39 heavy (non-hydrogen) atoms. The number of aliphatic hydroxyl groups excluding tert-OH is 1. The summed E-state index contributed by atoms with van der Waals surface area (Å²) >= 11 is 1.63. The summed E-state index contributed by atoms with van der Waals surface area (Å²) in [5.41, 5.74) is 3.96. The molecule has 0 radical (unpaired) electrons. The number of carbonyl (C=O) groups excluding carboxylic acids is 2. The molecule has 3 atom stereocenters. The SMILES string of the molecule is O=C1c2ccccc2C(=O)N1c1ccc([C@@H]2O[C@H](CSc3ccccn3)C[C@H](c3ccc(CO)cc3)O2)cc1. The number of hydrogen-bond acceptors (Lipinski definition) is 7. The molecule has 0 spiro atoms. The van der Waals surface area contributed by atoms with Crippen LogP contribution in [0.25, 0.3) is 0 Å². The van der Waals surface area contributed by atoms with E-state index in [1.165, 1.54) is 4.90 Å². The zero-order valence-electron chi connectivity index (χ0n) is 21.0. The normalized spacial score (nSPS) is 20.7. The number of aliphatic hydroxyl groups is 1. The smallest absolute Gasteiger partial charge is 0.266 e. The van der Waals surface area contributed by atoms with E-state index in [0.29, 0.717) is 29.0 Å². The molecule has 3 heterocycles. The maximum atomic E-state index is 12.9. The lowest BCUT2D eigenvalue weighted by atomic mass is 10.0. The van der Waals surface area contributed by atoms with Gasteiger partial charge in [-0.2, -0.15) is 0 Å². The third-order valence-electron chi connectivity index (χ3n) is 6.89. The Morgan fingerprint density at radius 3 is 2.13 bits per heavy atom. The number of nitrogens with zero attached hydrogens (tertiary/aromatic N) is 2. The molecule has 2 aliphatic heterocycles. The van der Waals surface area contributed by atoms with Crippen LogP contribution < -0.4 is 4.90 Å². The van der Waals surface area contributed by atoms with Gasteiger partial charge >= 0.3 is 0 Å². The van der Waals surface area contributed by atoms with E-state index in [1.807, 2.05) is 54.6 Å². The monoisotopic (exact) mass is 538 g/mol. The number of hydrogen-bond donors (Lipinski definition) is 1. The first-order chi connectivity index (χ1) is 19.1. The molecule has 0 saturated carbocycles. The number of fused-ring (bicyclic) bond motifs is 1. The predicted molar refractivity (Wildman–Crippen MR) is 147 cm³/mol. The predicted octanol–water partition coefficient (Wildman–Crippen LogP) is 5.71. The van der Waals surface area contributed by atoms with Crippen molar-refractivity contribution in [3.05, 3.63) is 125 Å². The van der Waals surface area contributed by atoms with Crippen molar-refractivity contribution in [2.45, 2.75) is 36.6 Å². The largest absolute Gasteiger partial charge is 0.392 e. The molecule has 4 aromatic rings. The fourth-order valence-corrected chi connectivity index (χ4v) is 5.72. The van der Waals surface area contributed by atoms with Crippen LogP contribution in [0.4, 0.5) is 5.69 Å². The first-order valence-corrected chi connectivity index (χ1v) is 13.7. The summed E-state index contributed by atoms with van der Waals surface area (Å²) in [6, 6.07) is 27.6. The summed E-state index contributed by atoms with van der Waals surface area (Å²) in [6.07, 6.45) is 1.50. The second-order valence-electron chi connectivity index (χ2n) is 9.41. The number of thioether (sulfide) groups is 1. The number of rotatable bonds is 7. The summed E-state index contributed by atoms with van der Waals surface area (Å²) in [5.74, 6) is 0.0490. The molecule has 0 aliphatic carbocycles. The number of aromatic nitrogens is 1. The van der Waals surface area contributed by atoms with Gasteiger partial charge in [0.25, 0.3) is 11.8 Å². The van der Waals surface area contributed by atoms with Crippen LogP contribution in [0.2, 0.25) is 0 Å². The van der Waals surface area contributed by atoms with E-state index in [2.05, 4.69) is 4.98 Å². The van der Waals surface area contributed by atoms with Gasteiger partial charge in [-0.25, -0.2) is 9.88 Å². The number of ether oxygens (including phenoxy) is 2. The molecule has 2 aliphatic rings. The first kappa shape index (κ1) is 25.5. The van der Waals surface area contributed by atoms with Gasteiger partial charge in [0.2, 0.25) is 0 Å². The second-order valence-corrected chi connectivity index (χ2v) is 10.5. The average molecular weight is 539 g/mol. The Balaban J connectivity index is 1.23. The molecule has 1 N–H and O–H groups in total. The Labute approximate surface area is 230 Å². The standard InChI is InChI=1S/C31H26N2O5S/c34-18-20-8-10-21(11-9-20)27-17-24(19-39-28-7-3-4-16-32-28)37-31(38-27)22-12-14-23(15-13-22)33-29(35)25-5-1-2-6-26(25)30(33)36/h1-16,24,27,31,34H,17-19H2/t24-,27+,31+/m0/s1. The molecule has 3 aromatic carbocycles. The molecular formula is C31H26N2O5S. The minimum Gasteiger partial charge on any atom is -0.392 e. The lowest BCUT2D eigenvalue weighted by Gasteiger charge is -2.36. The molecular weight excluding hydrogens is 512 g/mol. The van der Waals surface area contributed by atoms with E-state index < -0.39 is 6.29 Å². The van der Waals surface area contributed by atoms with Crippen LogP contribution in [0.3, 0.4) is 0 Å². The zero-order chi connectivity index (χ0) is 26.8. The van der Waals surface area contributed by atoms with Gasteiger partial charge in [-0.05, 0) is 47.5 Å². The lowest BCUT2D eigenvalue weighted by Crippen LogP contribution is -2.31. The molecule has 2 amide bonds. The van der Waals surface area contributed by atoms with Crippen molar-refractivity contribution < 1.29 is 24.2 Å². The Morgan fingerprint density at radius 2 is 1.49 bits per heavy atom. The minimum absolute atomic E-state index is 0.0136. The topological polar surface area (TPSA) is 89.0 Å². The number of pyridine rings is 1. The maximum absolute atomic E-state index is 12.9. The summed E-state index contributed by atoms with van der Waals surface area (Å²) in [6.45, 7) is -0.0136. The summed E-state index contributed by atoms with van der Waals surface area (Å²) in [4.78, 5) is 31.4. The fraction of sp³-hybridized carbons (Fsp3) is 0.194. The number of benzene rings is 3.